The van der Waals surface area contributed by atoms with E-state index < -0.39 is 23.5 Å². The average Bonchev–Trinajstić information content (AvgIpc) is 3.25. The predicted molar refractivity (Wildman–Crippen MR) is 161 cm³/mol. The fraction of sp³-hybridized carbons (Fsp3) is 0.516. The van der Waals surface area contributed by atoms with Crippen LogP contribution in [0.5, 0.6) is 0 Å². The first kappa shape index (κ1) is 28.8. The van der Waals surface area contributed by atoms with Gasteiger partial charge in [-0.3, -0.25) is 14.4 Å². The number of aromatic amines is 1. The fourth-order valence-corrected chi connectivity index (χ4v) is 7.02. The van der Waals surface area contributed by atoms with E-state index in [2.05, 4.69) is 40.5 Å². The van der Waals surface area contributed by atoms with Crippen LogP contribution in [0.15, 0.2) is 34.4 Å². The predicted octanol–water partition coefficient (Wildman–Crippen LogP) is 4.16. The lowest BCUT2D eigenvalue weighted by Gasteiger charge is -2.37. The number of amides is 2. The summed E-state index contributed by atoms with van der Waals surface area (Å²) in [6.45, 7) is 14.6. The van der Waals surface area contributed by atoms with Gasteiger partial charge in [0, 0.05) is 29.4 Å². The maximum Gasteiger partial charge on any atom is 0.251 e. The number of hydrogen-bond donors (Lipinski definition) is 3. The highest BCUT2D eigenvalue weighted by Gasteiger charge is 2.69. The van der Waals surface area contributed by atoms with Crippen molar-refractivity contribution >= 4 is 39.2 Å². The number of hydrogen-bond acceptors (Lipinski definition) is 7. The molecule has 3 heterocycles. The van der Waals surface area contributed by atoms with Gasteiger partial charge in [-0.05, 0) is 60.1 Å². The molecular weight excluding hydrogens is 536 g/mol. The third-order valence-corrected chi connectivity index (χ3v) is 9.62. The number of nitriles is 1. The van der Waals surface area contributed by atoms with E-state index in [0.29, 0.717) is 17.2 Å². The molecule has 216 valence electrons. The minimum Gasteiger partial charge on any atom is -0.349 e. The topological polar surface area (TPSA) is 131 Å². The van der Waals surface area contributed by atoms with E-state index in [1.807, 2.05) is 58.2 Å². The zero-order chi connectivity index (χ0) is 29.9. The molecular formula is C31H38N6O3S. The molecule has 1 aliphatic heterocycles. The van der Waals surface area contributed by atoms with Crippen LogP contribution >= 0.6 is 11.3 Å². The summed E-state index contributed by atoms with van der Waals surface area (Å²) in [5.41, 5.74) is 2.28. The summed E-state index contributed by atoms with van der Waals surface area (Å²) < 4.78 is 0. The molecule has 1 saturated carbocycles. The lowest BCUT2D eigenvalue weighted by molar-refractivity contribution is -0.142. The number of nitrogens with zero attached hydrogens (tertiary/aromatic N) is 3. The minimum absolute atomic E-state index is 0.000523. The van der Waals surface area contributed by atoms with E-state index in [9.17, 15) is 19.6 Å². The molecule has 1 aromatic carbocycles. The zero-order valence-electron chi connectivity index (χ0n) is 24.7. The molecule has 5 atom stereocenters. The summed E-state index contributed by atoms with van der Waals surface area (Å²) >= 11 is 1.45. The maximum absolute atomic E-state index is 14.1. The highest BCUT2D eigenvalue weighted by Crippen LogP contribution is 2.65. The van der Waals surface area contributed by atoms with Crippen molar-refractivity contribution in [3.05, 3.63) is 56.8 Å². The fourth-order valence-electron chi connectivity index (χ4n) is 6.30. The molecule has 1 unspecified atom stereocenters. The number of pyridine rings is 1. The molecule has 0 radical (unpaired) electrons. The molecule has 1 saturated heterocycles. The molecule has 0 spiro atoms. The number of anilines is 1. The van der Waals surface area contributed by atoms with Crippen LogP contribution in [0.3, 0.4) is 0 Å². The van der Waals surface area contributed by atoms with E-state index in [-0.39, 0.29) is 41.0 Å². The van der Waals surface area contributed by atoms with Crippen LogP contribution < -0.4 is 16.2 Å². The van der Waals surface area contributed by atoms with Gasteiger partial charge in [0.1, 0.15) is 18.1 Å². The van der Waals surface area contributed by atoms with E-state index in [1.165, 1.54) is 11.3 Å². The zero-order valence-corrected chi connectivity index (χ0v) is 25.5. The van der Waals surface area contributed by atoms with Gasteiger partial charge in [-0.15, -0.1) is 11.3 Å². The number of benzene rings is 1. The van der Waals surface area contributed by atoms with Crippen LogP contribution in [0, 0.1) is 47.8 Å². The molecule has 3 N–H and O–H groups in total. The Hall–Kier alpha value is -3.71. The van der Waals surface area contributed by atoms with Gasteiger partial charge in [0.2, 0.25) is 11.8 Å². The maximum atomic E-state index is 14.1. The van der Waals surface area contributed by atoms with Crippen molar-refractivity contribution in [2.24, 2.45) is 22.7 Å². The van der Waals surface area contributed by atoms with Crippen molar-refractivity contribution in [2.45, 2.75) is 73.0 Å². The van der Waals surface area contributed by atoms with Crippen LogP contribution in [0.1, 0.15) is 51.4 Å². The van der Waals surface area contributed by atoms with Gasteiger partial charge >= 0.3 is 0 Å². The van der Waals surface area contributed by atoms with Crippen LogP contribution in [0.25, 0.3) is 10.9 Å². The Morgan fingerprint density at radius 3 is 2.63 bits per heavy atom. The summed E-state index contributed by atoms with van der Waals surface area (Å²) in [5.74, 6) is -0.297. The molecule has 2 amide bonds. The summed E-state index contributed by atoms with van der Waals surface area (Å²) in [5, 5.41) is 19.6. The van der Waals surface area contributed by atoms with Crippen molar-refractivity contribution < 1.29 is 9.59 Å². The molecule has 0 bridgehead atoms. The Morgan fingerprint density at radius 1 is 1.27 bits per heavy atom. The second kappa shape index (κ2) is 10.3. The third kappa shape index (κ3) is 5.47. The van der Waals surface area contributed by atoms with E-state index in [1.54, 1.807) is 11.0 Å². The largest absolute Gasteiger partial charge is 0.349 e. The minimum atomic E-state index is -0.918. The van der Waals surface area contributed by atoms with Gasteiger partial charge in [0.05, 0.1) is 11.8 Å². The van der Waals surface area contributed by atoms with Crippen LogP contribution in [-0.2, 0) is 16.0 Å². The van der Waals surface area contributed by atoms with Crippen LogP contribution in [0.2, 0.25) is 0 Å². The number of carbonyl (C=O) groups is 2. The summed E-state index contributed by atoms with van der Waals surface area (Å²) in [7, 11) is 0. The first-order valence-corrected chi connectivity index (χ1v) is 14.9. The lowest BCUT2D eigenvalue weighted by Crippen LogP contribution is -2.57. The van der Waals surface area contributed by atoms with E-state index in [0.717, 1.165) is 22.2 Å². The number of aryl methyl sites for hydroxylation is 2. The third-order valence-electron chi connectivity index (χ3n) is 8.73. The molecule has 2 fully saturated rings. The first-order valence-electron chi connectivity index (χ1n) is 14.0. The average molecular weight is 575 g/mol. The Labute approximate surface area is 244 Å². The summed E-state index contributed by atoms with van der Waals surface area (Å²) in [6.07, 6.45) is 0.0647. The Morgan fingerprint density at radius 2 is 2.00 bits per heavy atom. The summed E-state index contributed by atoms with van der Waals surface area (Å²) in [4.78, 5) is 49.8. The summed E-state index contributed by atoms with van der Waals surface area (Å²) in [6, 6.07) is 7.49. The number of nitrogens with one attached hydrogen (secondary N) is 3. The quantitative estimate of drug-likeness (QED) is 0.388. The number of thiazole rings is 1. The van der Waals surface area contributed by atoms with Crippen LogP contribution in [-0.4, -0.2) is 51.4 Å². The molecule has 41 heavy (non-hydrogen) atoms. The number of carbonyl (C=O) groups excluding carboxylic acids is 2. The second-order valence-corrected chi connectivity index (χ2v) is 14.1. The first-order chi connectivity index (χ1) is 19.2. The molecule has 2 aliphatic rings. The lowest BCUT2D eigenvalue weighted by atomic mass is 9.85. The van der Waals surface area contributed by atoms with Gasteiger partial charge in [-0.1, -0.05) is 46.2 Å². The van der Waals surface area contributed by atoms with Crippen molar-refractivity contribution in [1.82, 2.24) is 20.2 Å². The Bertz CT molecular complexity index is 1610. The Kier molecular flexibility index (Phi) is 7.23. The van der Waals surface area contributed by atoms with Gasteiger partial charge in [0.25, 0.3) is 5.56 Å². The molecule has 1 aliphatic carbocycles. The number of H-pyrrole nitrogens is 1. The normalized spacial score (nSPS) is 22.5. The molecule has 3 aromatic rings. The molecule has 2 aromatic heterocycles. The molecule has 10 heteroatoms. The standard InChI is InChI=1S/C31H38N6O3S/c1-16-8-9-22-18(10-16)11-19(26(38)35-22)12-20(13-32)34-27(39)24-23-21(31(23,6)7)14-37(24)28(40)25(30(3,4)5)36-29-33-17(2)15-41-29/h8-11,15,20-21,23-25H,12,14H2,1-7H3,(H,33,36)(H,34,39)(H,35,38)/t20?,21-,23-,24-,25+/m0/s1. The number of fused-ring (bicyclic) bond motifs is 2. The van der Waals surface area contributed by atoms with Crippen molar-refractivity contribution in [1.29, 1.82) is 5.26 Å². The monoisotopic (exact) mass is 574 g/mol. The number of likely N-dealkylation sites (tertiary alicyclic amines) is 1. The highest BCUT2D eigenvalue weighted by molar-refractivity contribution is 7.13. The van der Waals surface area contributed by atoms with Crippen molar-refractivity contribution in [2.75, 3.05) is 11.9 Å². The van der Waals surface area contributed by atoms with E-state index >= 15 is 0 Å². The Balaban J connectivity index is 1.37. The van der Waals surface area contributed by atoms with E-state index in [4.69, 9.17) is 0 Å². The van der Waals surface area contributed by atoms with Crippen molar-refractivity contribution in [3.63, 3.8) is 0 Å². The smallest absolute Gasteiger partial charge is 0.251 e. The molecule has 9 nitrogen and oxygen atoms in total. The molecule has 5 rings (SSSR count). The highest BCUT2D eigenvalue weighted by atomic mass is 32.1. The number of piperidine rings is 1. The van der Waals surface area contributed by atoms with Gasteiger partial charge < -0.3 is 20.5 Å². The number of aromatic nitrogens is 2. The van der Waals surface area contributed by atoms with Crippen LogP contribution in [0.4, 0.5) is 5.13 Å². The van der Waals surface area contributed by atoms with Crippen molar-refractivity contribution in [3.8, 4) is 6.07 Å². The second-order valence-electron chi connectivity index (χ2n) is 13.2. The van der Waals surface area contributed by atoms with Gasteiger partial charge in [-0.2, -0.15) is 5.26 Å². The van der Waals surface area contributed by atoms with Gasteiger partial charge in [0.15, 0.2) is 5.13 Å². The van der Waals surface area contributed by atoms with Gasteiger partial charge in [-0.25, -0.2) is 4.98 Å². The SMILES string of the molecule is Cc1ccc2[nH]c(=O)c(CC(C#N)NC(=O)[C@@H]3[C@@H]4[C@H](CN3C(=O)[C@@H](Nc3nc(C)cs3)C(C)(C)C)C4(C)C)cc2c1. The number of rotatable bonds is 7.